The van der Waals surface area contributed by atoms with Gasteiger partial charge in [0.1, 0.15) is 0 Å². The lowest BCUT2D eigenvalue weighted by molar-refractivity contribution is -0.152. The summed E-state index contributed by atoms with van der Waals surface area (Å²) in [5.74, 6) is 2.13. The van der Waals surface area contributed by atoms with E-state index < -0.39 is 0 Å². The van der Waals surface area contributed by atoms with Gasteiger partial charge < -0.3 is 14.9 Å². The number of carbonyl (C=O) groups is 1. The van der Waals surface area contributed by atoms with Gasteiger partial charge in [-0.05, 0) is 62.2 Å². The molecule has 0 saturated heterocycles. The maximum Gasteiger partial charge on any atom is 0.308 e. The number of hydrogen-bond donors (Lipinski definition) is 2. The van der Waals surface area contributed by atoms with E-state index in [2.05, 4.69) is 20.8 Å². The summed E-state index contributed by atoms with van der Waals surface area (Å²) in [7, 11) is 0. The van der Waals surface area contributed by atoms with E-state index in [9.17, 15) is 15.0 Å². The van der Waals surface area contributed by atoms with Crippen LogP contribution < -0.4 is 0 Å². The summed E-state index contributed by atoms with van der Waals surface area (Å²) in [5, 5.41) is 19.3. The Bertz CT molecular complexity index is 360. The van der Waals surface area contributed by atoms with Crippen molar-refractivity contribution in [1.82, 2.24) is 0 Å². The second kappa shape index (κ2) is 9.76. The highest BCUT2D eigenvalue weighted by molar-refractivity contribution is 5.72. The van der Waals surface area contributed by atoms with Gasteiger partial charge in [0.15, 0.2) is 0 Å². The number of aliphatic hydroxyl groups is 2. The van der Waals surface area contributed by atoms with E-state index in [0.717, 1.165) is 18.8 Å². The minimum absolute atomic E-state index is 0.0108. The number of rotatable bonds is 2. The topological polar surface area (TPSA) is 66.8 Å². The highest BCUT2D eigenvalue weighted by atomic mass is 16.5. The second-order valence-electron chi connectivity index (χ2n) is 8.39. The SMILES string of the molecule is CC1CC(C)C(O)C(C)C1.CCOC(=O)C1CC(C)C(O)C(C)C1. The van der Waals surface area contributed by atoms with Gasteiger partial charge in [-0.25, -0.2) is 0 Å². The third-order valence-corrected chi connectivity index (χ3v) is 5.81. The number of ether oxygens (including phenoxy) is 1. The van der Waals surface area contributed by atoms with Gasteiger partial charge in [-0.2, -0.15) is 0 Å². The van der Waals surface area contributed by atoms with E-state index >= 15 is 0 Å². The van der Waals surface area contributed by atoms with Crippen molar-refractivity contribution < 1.29 is 19.7 Å². The number of hydrogen-bond acceptors (Lipinski definition) is 4. The van der Waals surface area contributed by atoms with Crippen LogP contribution in [-0.2, 0) is 9.53 Å². The quantitative estimate of drug-likeness (QED) is 0.752. The summed E-state index contributed by atoms with van der Waals surface area (Å²) in [6, 6.07) is 0. The van der Waals surface area contributed by atoms with Crippen LogP contribution in [0.3, 0.4) is 0 Å². The van der Waals surface area contributed by atoms with Crippen LogP contribution in [0.4, 0.5) is 0 Å². The highest BCUT2D eigenvalue weighted by Crippen LogP contribution is 2.34. The van der Waals surface area contributed by atoms with E-state index in [1.165, 1.54) is 12.8 Å². The highest BCUT2D eigenvalue weighted by Gasteiger charge is 2.35. The lowest BCUT2D eigenvalue weighted by atomic mass is 9.74. The first-order valence-corrected chi connectivity index (χ1v) is 9.70. The molecule has 2 saturated carbocycles. The molecule has 0 aromatic rings. The van der Waals surface area contributed by atoms with E-state index in [0.29, 0.717) is 18.4 Å². The molecule has 2 rings (SSSR count). The largest absolute Gasteiger partial charge is 0.466 e. The second-order valence-corrected chi connectivity index (χ2v) is 8.39. The van der Waals surface area contributed by atoms with Crippen molar-refractivity contribution in [2.75, 3.05) is 6.61 Å². The zero-order valence-electron chi connectivity index (χ0n) is 16.4. The van der Waals surface area contributed by atoms with E-state index in [1.54, 1.807) is 0 Å². The Morgan fingerprint density at radius 2 is 1.21 bits per heavy atom. The van der Waals surface area contributed by atoms with Gasteiger partial charge in [-0.3, -0.25) is 4.79 Å². The molecule has 4 atom stereocenters. The predicted octanol–water partition coefficient (Wildman–Crippen LogP) is 3.64. The van der Waals surface area contributed by atoms with Gasteiger partial charge in [-0.15, -0.1) is 0 Å². The zero-order valence-corrected chi connectivity index (χ0v) is 16.4. The van der Waals surface area contributed by atoms with Crippen LogP contribution in [0, 0.1) is 35.5 Å². The average molecular weight is 343 g/mol. The molecule has 0 amide bonds. The van der Waals surface area contributed by atoms with Gasteiger partial charge >= 0.3 is 5.97 Å². The van der Waals surface area contributed by atoms with Crippen molar-refractivity contribution in [2.24, 2.45) is 35.5 Å². The molecule has 4 unspecified atom stereocenters. The summed E-state index contributed by atoms with van der Waals surface area (Å²) < 4.78 is 4.99. The van der Waals surface area contributed by atoms with E-state index in [4.69, 9.17) is 4.74 Å². The van der Waals surface area contributed by atoms with Gasteiger partial charge in [0.05, 0.1) is 24.7 Å². The number of aliphatic hydroxyl groups excluding tert-OH is 2. The molecule has 0 aromatic carbocycles. The molecule has 2 aliphatic carbocycles. The molecule has 0 aliphatic heterocycles. The first-order valence-electron chi connectivity index (χ1n) is 9.70. The minimum Gasteiger partial charge on any atom is -0.466 e. The van der Waals surface area contributed by atoms with Crippen LogP contribution in [0.5, 0.6) is 0 Å². The number of esters is 1. The third-order valence-electron chi connectivity index (χ3n) is 5.81. The van der Waals surface area contributed by atoms with Crippen molar-refractivity contribution in [2.45, 2.75) is 79.4 Å². The summed E-state index contributed by atoms with van der Waals surface area (Å²) >= 11 is 0. The molecule has 24 heavy (non-hydrogen) atoms. The fraction of sp³-hybridized carbons (Fsp3) is 0.950. The lowest BCUT2D eigenvalue weighted by Gasteiger charge is -2.34. The first kappa shape index (κ1) is 21.4. The van der Waals surface area contributed by atoms with Crippen LogP contribution in [0.15, 0.2) is 0 Å². The molecule has 0 heterocycles. The zero-order chi connectivity index (χ0) is 18.4. The van der Waals surface area contributed by atoms with Crippen molar-refractivity contribution in [3.8, 4) is 0 Å². The smallest absolute Gasteiger partial charge is 0.308 e. The van der Waals surface area contributed by atoms with Gasteiger partial charge in [-0.1, -0.05) is 34.6 Å². The average Bonchev–Trinajstić information content (AvgIpc) is 2.50. The predicted molar refractivity (Wildman–Crippen MR) is 96.4 cm³/mol. The van der Waals surface area contributed by atoms with Crippen LogP contribution in [0.25, 0.3) is 0 Å². The molecule has 2 N–H and O–H groups in total. The van der Waals surface area contributed by atoms with Gasteiger partial charge in [0, 0.05) is 0 Å². The molecular weight excluding hydrogens is 304 g/mol. The molecule has 2 fully saturated rings. The molecule has 4 nitrogen and oxygen atoms in total. The van der Waals surface area contributed by atoms with Crippen molar-refractivity contribution in [3.63, 3.8) is 0 Å². The maximum atomic E-state index is 11.5. The normalized spacial score (nSPS) is 42.7. The number of carbonyl (C=O) groups excluding carboxylic acids is 1. The van der Waals surface area contributed by atoms with Crippen molar-refractivity contribution in [3.05, 3.63) is 0 Å². The molecule has 142 valence electrons. The summed E-state index contributed by atoms with van der Waals surface area (Å²) in [6.45, 7) is 12.8. The van der Waals surface area contributed by atoms with E-state index in [-0.39, 0.29) is 35.9 Å². The van der Waals surface area contributed by atoms with Crippen molar-refractivity contribution >= 4 is 5.97 Å². The Labute approximate surface area is 148 Å². The molecule has 0 spiro atoms. The molecular formula is C20H38O4. The Hall–Kier alpha value is -0.610. The Morgan fingerprint density at radius 1 is 0.833 bits per heavy atom. The molecule has 0 bridgehead atoms. The monoisotopic (exact) mass is 342 g/mol. The first-order chi connectivity index (χ1) is 11.2. The summed E-state index contributed by atoms with van der Waals surface area (Å²) in [4.78, 5) is 11.5. The van der Waals surface area contributed by atoms with Gasteiger partial charge in [0.25, 0.3) is 0 Å². The van der Waals surface area contributed by atoms with Crippen LogP contribution in [-0.4, -0.2) is 35.0 Å². The van der Waals surface area contributed by atoms with E-state index in [1.807, 2.05) is 20.8 Å². The van der Waals surface area contributed by atoms with Crippen LogP contribution in [0.2, 0.25) is 0 Å². The fourth-order valence-corrected chi connectivity index (χ4v) is 4.49. The van der Waals surface area contributed by atoms with Crippen molar-refractivity contribution in [1.29, 1.82) is 0 Å². The summed E-state index contributed by atoms with van der Waals surface area (Å²) in [6.07, 6.45) is 3.60. The maximum absolute atomic E-state index is 11.5. The molecule has 0 radical (unpaired) electrons. The molecule has 2 aliphatic rings. The fourth-order valence-electron chi connectivity index (χ4n) is 4.49. The third kappa shape index (κ3) is 6.03. The minimum atomic E-state index is -0.263. The Kier molecular flexibility index (Phi) is 8.72. The lowest BCUT2D eigenvalue weighted by Crippen LogP contribution is -2.37. The van der Waals surface area contributed by atoms with Gasteiger partial charge in [0.2, 0.25) is 0 Å². The Balaban J connectivity index is 0.000000254. The van der Waals surface area contributed by atoms with Crippen LogP contribution in [0.1, 0.15) is 67.2 Å². The molecule has 4 heteroatoms. The standard InChI is InChI=1S/C11H20O3.C9H18O/c1-4-14-11(13)9-5-7(2)10(12)8(3)6-9;1-6-4-7(2)9(10)8(3)5-6/h7-10,12H,4-6H2,1-3H3;6-10H,4-5H2,1-3H3. The van der Waals surface area contributed by atoms with Crippen LogP contribution >= 0.6 is 0 Å². The summed E-state index contributed by atoms with van der Waals surface area (Å²) in [5.41, 5.74) is 0. The Morgan fingerprint density at radius 3 is 1.58 bits per heavy atom. The molecule has 0 aromatic heterocycles.